The van der Waals surface area contributed by atoms with Gasteiger partial charge in [-0.1, -0.05) is 34.1 Å². The van der Waals surface area contributed by atoms with Gasteiger partial charge in [0.2, 0.25) is 5.91 Å². The number of carbonyl (C=O) groups excluding carboxylic acids is 2. The number of nitriles is 1. The lowest BCUT2D eigenvalue weighted by atomic mass is 9.49. The summed E-state index contributed by atoms with van der Waals surface area (Å²) in [6.07, 6.45) is 9.54. The Morgan fingerprint density at radius 3 is 2.25 bits per heavy atom. The summed E-state index contributed by atoms with van der Waals surface area (Å²) in [5.74, 6) is 2.33. The number of nitrogens with one attached hydrogen (secondary N) is 1. The Morgan fingerprint density at radius 1 is 0.986 bits per heavy atom. The Labute approximate surface area is 417 Å². The molecule has 4 aromatic rings. The summed E-state index contributed by atoms with van der Waals surface area (Å²) in [6, 6.07) is 18.5. The third-order valence-electron chi connectivity index (χ3n) is 15.3. The van der Waals surface area contributed by atoms with Gasteiger partial charge in [0.1, 0.15) is 35.7 Å². The molecule has 2 saturated carbocycles. The van der Waals surface area contributed by atoms with Crippen molar-refractivity contribution in [3.8, 4) is 23.3 Å². The summed E-state index contributed by atoms with van der Waals surface area (Å²) >= 11 is 0. The highest BCUT2D eigenvalue weighted by molar-refractivity contribution is 6.10. The molecule has 1 saturated heterocycles. The highest BCUT2D eigenvalue weighted by Gasteiger charge is 2.63. The van der Waals surface area contributed by atoms with Gasteiger partial charge in [-0.3, -0.25) is 19.3 Å². The molecule has 3 fully saturated rings. The second-order valence-electron chi connectivity index (χ2n) is 20.4. The molecule has 4 heterocycles. The van der Waals surface area contributed by atoms with Gasteiger partial charge in [-0.25, -0.2) is 8.78 Å². The van der Waals surface area contributed by atoms with Crippen LogP contribution in [0.4, 0.5) is 20.3 Å². The molecule has 16 heteroatoms. The maximum atomic E-state index is 14.4. The van der Waals surface area contributed by atoms with E-state index in [2.05, 4.69) is 58.6 Å². The molecule has 0 radical (unpaired) electrons. The molecule has 0 spiro atoms. The fraction of sp³-hybridized carbons (Fsp3) is 0.509. The molecule has 2 aliphatic carbocycles. The van der Waals surface area contributed by atoms with Crippen LogP contribution < -0.4 is 25.4 Å². The zero-order valence-electron chi connectivity index (χ0n) is 42.6. The smallest absolute Gasteiger partial charge is 0.264 e. The second-order valence-corrected chi connectivity index (χ2v) is 20.4. The first kappa shape index (κ1) is 52.5. The highest BCUT2D eigenvalue weighted by atomic mass is 19.3. The predicted octanol–water partition coefficient (Wildman–Crippen LogP) is 9.17. The minimum atomic E-state index is -2.67. The third kappa shape index (κ3) is 11.0. The summed E-state index contributed by atoms with van der Waals surface area (Å²) in [5, 5.41) is 26.4. The van der Waals surface area contributed by atoms with E-state index >= 15 is 0 Å². The molecule has 0 unspecified atom stereocenters. The van der Waals surface area contributed by atoms with Crippen LogP contribution >= 0.6 is 0 Å². The molecule has 3 aromatic carbocycles. The van der Waals surface area contributed by atoms with E-state index in [9.17, 15) is 18.4 Å². The number of amides is 1. The second kappa shape index (κ2) is 22.4. The number of fused-ring (bicyclic) bond motifs is 2. The van der Waals surface area contributed by atoms with E-state index < -0.39 is 6.43 Å². The van der Waals surface area contributed by atoms with E-state index in [1.807, 2.05) is 24.1 Å². The van der Waals surface area contributed by atoms with Crippen LogP contribution in [-0.2, 0) is 24.2 Å². The van der Waals surface area contributed by atoms with Gasteiger partial charge in [0.25, 0.3) is 6.43 Å². The van der Waals surface area contributed by atoms with E-state index in [0.717, 1.165) is 85.9 Å². The Bertz CT molecular complexity index is 2610. The lowest BCUT2D eigenvalue weighted by Crippen LogP contribution is -2.73. The van der Waals surface area contributed by atoms with Gasteiger partial charge in [-0.2, -0.15) is 10.4 Å². The standard InChI is InChI=1S/C31H41F2N7O.C17H24N2O2.C7H6O2/c1-20(41)38-14-10-28-27(19-38)31(36-40(28)24-8-12-37(13-9-24)23-6-3-7-23)39-11-4-5-21-15-25(22(17-34)18-35-2)26(30(32)33)16-29(21)39;1-16(2)14(19-5)17(3,4)15(16)21-12-8-7-11(10-18)13(9-12)20-6;8-5-6-1-3-7(9)4-2-6/h15-18,23-24,30H,3-14,19,34H2,1-2H3;7-9,14-15,19H,1-6H3;1-5,9H/b22-17+,35-18?;;. The number of rotatable bonds is 11. The van der Waals surface area contributed by atoms with Crippen LogP contribution in [0, 0.1) is 22.2 Å². The van der Waals surface area contributed by atoms with Crippen molar-refractivity contribution in [2.45, 2.75) is 123 Å². The van der Waals surface area contributed by atoms with E-state index in [-0.39, 0.29) is 34.2 Å². The molecule has 380 valence electrons. The number of phenolic OH excluding ortho intramolecular Hbond substituents is 1. The predicted molar refractivity (Wildman–Crippen MR) is 274 cm³/mol. The number of hydrogen-bond acceptors (Lipinski definition) is 12. The van der Waals surface area contributed by atoms with Crippen molar-refractivity contribution in [3.05, 3.63) is 99.9 Å². The number of hydrogen-bond donors (Lipinski definition) is 3. The van der Waals surface area contributed by atoms with Crippen molar-refractivity contribution in [2.75, 3.05) is 52.3 Å². The molecule has 0 bridgehead atoms. The van der Waals surface area contributed by atoms with Gasteiger partial charge >= 0.3 is 0 Å². The average Bonchev–Trinajstić information content (AvgIpc) is 3.73. The van der Waals surface area contributed by atoms with Gasteiger partial charge in [0.15, 0.2) is 5.82 Å². The number of anilines is 2. The number of aromatic hydroxyl groups is 1. The number of phenols is 1. The number of aromatic nitrogens is 2. The zero-order valence-corrected chi connectivity index (χ0v) is 42.6. The summed E-state index contributed by atoms with van der Waals surface area (Å²) < 4.78 is 42.6. The lowest BCUT2D eigenvalue weighted by Gasteiger charge is -2.63. The van der Waals surface area contributed by atoms with Crippen LogP contribution in [0.15, 0.2) is 65.8 Å². The van der Waals surface area contributed by atoms with E-state index in [1.165, 1.54) is 49.5 Å². The van der Waals surface area contributed by atoms with Crippen LogP contribution in [0.1, 0.15) is 129 Å². The number of piperidine rings is 1. The minimum absolute atomic E-state index is 0.0411. The molecule has 3 aliphatic heterocycles. The number of nitrogens with zero attached hydrogens (tertiary/aromatic N) is 7. The number of likely N-dealkylation sites (tertiary alicyclic amines) is 1. The molecule has 71 heavy (non-hydrogen) atoms. The number of halogens is 2. The van der Waals surface area contributed by atoms with Gasteiger partial charge in [-0.05, 0) is 105 Å². The summed E-state index contributed by atoms with van der Waals surface area (Å²) in [6.45, 7) is 14.5. The average molecular weight is 976 g/mol. The van der Waals surface area contributed by atoms with Gasteiger partial charge in [0.05, 0.1) is 25.3 Å². The zero-order chi connectivity index (χ0) is 51.2. The van der Waals surface area contributed by atoms with Crippen LogP contribution in [-0.4, -0.2) is 109 Å². The van der Waals surface area contributed by atoms with Crippen LogP contribution in [0.2, 0.25) is 0 Å². The Balaban J connectivity index is 0.000000204. The van der Waals surface area contributed by atoms with E-state index in [1.54, 1.807) is 51.4 Å². The molecule has 0 atom stereocenters. The number of methoxy groups -OCH3 is 1. The third-order valence-corrected chi connectivity index (χ3v) is 15.3. The molecule has 1 aromatic heterocycles. The first-order valence-electron chi connectivity index (χ1n) is 24.8. The fourth-order valence-corrected chi connectivity index (χ4v) is 11.8. The highest BCUT2D eigenvalue weighted by Crippen LogP contribution is 2.55. The number of aliphatic imine (C=N–C) groups is 1. The number of ether oxygens (including phenoxy) is 2. The van der Waals surface area contributed by atoms with Crippen LogP contribution in [0.25, 0.3) is 5.57 Å². The van der Waals surface area contributed by atoms with Gasteiger partial charge < -0.3 is 40.3 Å². The number of aldehydes is 1. The van der Waals surface area contributed by atoms with E-state index in [4.69, 9.17) is 30.7 Å². The molecule has 4 N–H and O–H groups in total. The molecule has 9 rings (SSSR count). The largest absolute Gasteiger partial charge is 0.508 e. The summed E-state index contributed by atoms with van der Waals surface area (Å²) in [5.41, 5.74) is 11.9. The van der Waals surface area contributed by atoms with Gasteiger partial charge in [-0.15, -0.1) is 0 Å². The first-order valence-corrected chi connectivity index (χ1v) is 24.8. The number of aryl methyl sites for hydroxylation is 1. The number of alkyl halides is 2. The summed E-state index contributed by atoms with van der Waals surface area (Å²) in [7, 11) is 5.16. The topological polar surface area (TPSA) is 175 Å². The number of allylic oxidation sites excluding steroid dienone is 1. The SMILES string of the molecule is CN=C/C(=C\N)c1cc2c(cc1C(F)F)N(c1nn(C3CCN(C4CCC4)CC3)c3c1CN(C(C)=O)CC3)CCC2.CNC1C(C)(C)C(Oc2ccc(C#N)c(OC)c2)C1(C)C.O=Cc1ccc(O)cc1. The number of nitrogens with two attached hydrogens (primary N) is 1. The van der Waals surface area contributed by atoms with Crippen molar-refractivity contribution in [1.29, 1.82) is 5.26 Å². The van der Waals surface area contributed by atoms with Crippen molar-refractivity contribution >= 4 is 35.5 Å². The molecular formula is C55H71F2N9O5. The van der Waals surface area contributed by atoms with E-state index in [0.29, 0.717) is 59.7 Å². The van der Waals surface area contributed by atoms with Crippen LogP contribution in [0.5, 0.6) is 17.2 Å². The van der Waals surface area contributed by atoms with Gasteiger partial charge in [0, 0.05) is 122 Å². The van der Waals surface area contributed by atoms with Crippen molar-refractivity contribution in [3.63, 3.8) is 0 Å². The Kier molecular flexibility index (Phi) is 16.6. The number of benzene rings is 3. The van der Waals surface area contributed by atoms with Crippen molar-refractivity contribution in [2.24, 2.45) is 21.6 Å². The Morgan fingerprint density at radius 2 is 1.69 bits per heavy atom. The maximum Gasteiger partial charge on any atom is 0.264 e. The quantitative estimate of drug-likeness (QED) is 0.0966. The monoisotopic (exact) mass is 976 g/mol. The summed E-state index contributed by atoms with van der Waals surface area (Å²) in [4.78, 5) is 33.1. The lowest BCUT2D eigenvalue weighted by molar-refractivity contribution is -0.166. The van der Waals surface area contributed by atoms with Crippen molar-refractivity contribution < 1.29 is 33.0 Å². The number of carbonyl (C=O) groups is 2. The maximum absolute atomic E-state index is 14.4. The van der Waals surface area contributed by atoms with Crippen molar-refractivity contribution in [1.82, 2.24) is 24.9 Å². The molecular weight excluding hydrogens is 905 g/mol. The van der Waals surface area contributed by atoms with Crippen LogP contribution in [0.3, 0.4) is 0 Å². The fourth-order valence-electron chi connectivity index (χ4n) is 11.8. The molecule has 5 aliphatic rings. The molecule has 14 nitrogen and oxygen atoms in total. The Hall–Kier alpha value is -6.31. The molecule has 1 amide bonds. The normalized spacial score (nSPS) is 20.8. The minimum Gasteiger partial charge on any atom is -0.508 e. The first-order chi connectivity index (χ1) is 34.0.